The minimum absolute atomic E-state index is 0.0109. The van der Waals surface area contributed by atoms with Gasteiger partial charge in [0.05, 0.1) is 16.3 Å². The van der Waals surface area contributed by atoms with Crippen LogP contribution in [0.1, 0.15) is 24.5 Å². The zero-order valence-corrected chi connectivity index (χ0v) is 14.7. The minimum atomic E-state index is -4.99. The minimum Gasteiger partial charge on any atom is -0.398 e. The molecule has 0 heterocycles. The summed E-state index contributed by atoms with van der Waals surface area (Å²) in [5, 5.41) is 21.2. The van der Waals surface area contributed by atoms with Gasteiger partial charge in [0.2, 0.25) is 0 Å². The van der Waals surface area contributed by atoms with Gasteiger partial charge in [-0.2, -0.15) is 26.3 Å². The molecule has 5 nitrogen and oxygen atoms in total. The van der Waals surface area contributed by atoms with Crippen LogP contribution >= 0.6 is 11.8 Å². The van der Waals surface area contributed by atoms with Gasteiger partial charge in [-0.15, -0.1) is 11.8 Å². The summed E-state index contributed by atoms with van der Waals surface area (Å²) in [5.41, 5.74) is 0.482. The third-order valence-electron chi connectivity index (χ3n) is 3.51. The van der Waals surface area contributed by atoms with E-state index in [-0.39, 0.29) is 17.7 Å². The predicted molar refractivity (Wildman–Crippen MR) is 90.2 cm³/mol. The Morgan fingerprint density at radius 3 is 2.26 bits per heavy atom. The van der Waals surface area contributed by atoms with Crippen LogP contribution in [-0.4, -0.2) is 33.3 Å². The maximum atomic E-state index is 12.9. The van der Waals surface area contributed by atoms with Crippen LogP contribution in [0.3, 0.4) is 0 Å². The molecule has 27 heavy (non-hydrogen) atoms. The number of nitrogens with two attached hydrogens (primary N) is 1. The Hall–Kier alpha value is -1.95. The fourth-order valence-electron chi connectivity index (χ4n) is 2.00. The number of hydrogen-bond acceptors (Lipinski definition) is 5. The molecule has 0 aliphatic carbocycles. The Balaban J connectivity index is 3.14. The summed E-state index contributed by atoms with van der Waals surface area (Å²) in [6, 6.07) is 1.01. The first-order valence-corrected chi connectivity index (χ1v) is 8.55. The number of thioether (sulfide) groups is 1. The molecule has 12 heteroatoms. The number of nitro benzene ring substituents is 1. The maximum absolute atomic E-state index is 12.9. The van der Waals surface area contributed by atoms with Crippen molar-refractivity contribution < 1.29 is 36.4 Å². The van der Waals surface area contributed by atoms with Crippen LogP contribution in [0, 0.1) is 10.1 Å². The summed E-state index contributed by atoms with van der Waals surface area (Å²) in [5.74, 6) is -1.51. The molecule has 152 valence electrons. The Morgan fingerprint density at radius 2 is 1.81 bits per heavy atom. The lowest BCUT2D eigenvalue weighted by molar-refractivity contribution is -0.388. The van der Waals surface area contributed by atoms with Crippen molar-refractivity contribution in [3.63, 3.8) is 0 Å². The van der Waals surface area contributed by atoms with Crippen molar-refractivity contribution in [1.29, 1.82) is 0 Å². The van der Waals surface area contributed by atoms with Crippen LogP contribution in [0.4, 0.5) is 37.7 Å². The van der Waals surface area contributed by atoms with E-state index in [9.17, 15) is 41.6 Å². The molecule has 1 unspecified atom stereocenters. The van der Waals surface area contributed by atoms with Crippen molar-refractivity contribution in [2.24, 2.45) is 0 Å². The second-order valence-electron chi connectivity index (χ2n) is 5.65. The molecule has 1 aromatic carbocycles. The summed E-state index contributed by atoms with van der Waals surface area (Å²) in [6.07, 6.45) is -7.27. The van der Waals surface area contributed by atoms with E-state index in [4.69, 9.17) is 5.73 Å². The van der Waals surface area contributed by atoms with Gasteiger partial charge in [-0.25, -0.2) is 0 Å². The maximum Gasteiger partial charge on any atom is 0.423 e. The van der Waals surface area contributed by atoms with Gasteiger partial charge in [0, 0.05) is 23.1 Å². The Labute approximate surface area is 154 Å². The quantitative estimate of drug-likeness (QED) is 0.291. The van der Waals surface area contributed by atoms with Gasteiger partial charge in [0.1, 0.15) is 5.56 Å². The van der Waals surface area contributed by atoms with Crippen LogP contribution in [0.25, 0.3) is 6.08 Å². The van der Waals surface area contributed by atoms with Crippen LogP contribution in [0.15, 0.2) is 18.2 Å². The topological polar surface area (TPSA) is 89.4 Å². The monoisotopic (exact) mass is 418 g/mol. The molecule has 3 N–H and O–H groups in total. The first-order valence-electron chi connectivity index (χ1n) is 7.40. The molecular weight excluding hydrogens is 402 g/mol. The number of nitrogens with zero attached hydrogens (tertiary/aromatic N) is 1. The predicted octanol–water partition coefficient (Wildman–Crippen LogP) is 4.65. The summed E-state index contributed by atoms with van der Waals surface area (Å²) < 4.78 is 75.2. The molecular formula is C15H16F6N2O3S. The van der Waals surface area contributed by atoms with Gasteiger partial charge in [0.15, 0.2) is 0 Å². The van der Waals surface area contributed by atoms with E-state index < -0.39 is 45.6 Å². The number of halogens is 6. The third-order valence-corrected chi connectivity index (χ3v) is 4.74. The highest BCUT2D eigenvalue weighted by atomic mass is 32.2. The number of hydrogen-bond donors (Lipinski definition) is 2. The number of rotatable bonds is 7. The molecule has 0 aromatic heterocycles. The van der Waals surface area contributed by atoms with Gasteiger partial charge >= 0.3 is 12.4 Å². The highest BCUT2D eigenvalue weighted by molar-refractivity contribution is 7.99. The van der Waals surface area contributed by atoms with E-state index in [0.717, 1.165) is 12.2 Å². The van der Waals surface area contributed by atoms with Gasteiger partial charge < -0.3 is 10.8 Å². The number of aliphatic hydroxyl groups is 1. The molecule has 1 rings (SSSR count). The number of benzene rings is 1. The van der Waals surface area contributed by atoms with Gasteiger partial charge in [-0.05, 0) is 12.5 Å². The Morgan fingerprint density at radius 1 is 1.22 bits per heavy atom. The van der Waals surface area contributed by atoms with Crippen molar-refractivity contribution >= 4 is 29.2 Å². The molecule has 0 aliphatic heterocycles. The van der Waals surface area contributed by atoms with Crippen molar-refractivity contribution in [1.82, 2.24) is 0 Å². The molecule has 1 atom stereocenters. The molecule has 0 saturated heterocycles. The number of nitrogen functional groups attached to an aromatic ring is 1. The van der Waals surface area contributed by atoms with Crippen LogP contribution in [0.5, 0.6) is 0 Å². The Kier molecular flexibility index (Phi) is 7.17. The summed E-state index contributed by atoms with van der Waals surface area (Å²) >= 11 is 0.430. The lowest BCUT2D eigenvalue weighted by Gasteiger charge is -2.23. The molecule has 0 amide bonds. The number of alkyl halides is 6. The van der Waals surface area contributed by atoms with Crippen LogP contribution < -0.4 is 5.73 Å². The van der Waals surface area contributed by atoms with E-state index in [2.05, 4.69) is 0 Å². The lowest BCUT2D eigenvalue weighted by Crippen LogP contribution is -2.29. The van der Waals surface area contributed by atoms with E-state index >= 15 is 0 Å². The van der Waals surface area contributed by atoms with Crippen LogP contribution in [0.2, 0.25) is 0 Å². The highest BCUT2D eigenvalue weighted by Crippen LogP contribution is 2.39. The smallest absolute Gasteiger partial charge is 0.398 e. The summed E-state index contributed by atoms with van der Waals surface area (Å²) in [6.45, 7) is 1.50. The zero-order chi connectivity index (χ0) is 21.0. The first kappa shape index (κ1) is 23.1. The first-order chi connectivity index (χ1) is 12.2. The highest BCUT2D eigenvalue weighted by Gasteiger charge is 2.39. The van der Waals surface area contributed by atoms with Gasteiger partial charge in [-0.3, -0.25) is 10.1 Å². The zero-order valence-electron chi connectivity index (χ0n) is 13.9. The van der Waals surface area contributed by atoms with E-state index in [1.54, 1.807) is 0 Å². The van der Waals surface area contributed by atoms with Crippen molar-refractivity contribution in [3.05, 3.63) is 39.4 Å². The van der Waals surface area contributed by atoms with Gasteiger partial charge in [0.25, 0.3) is 5.69 Å². The van der Waals surface area contributed by atoms with Crippen molar-refractivity contribution in [3.8, 4) is 0 Å². The number of anilines is 1. The number of nitro groups is 1. The molecule has 0 spiro atoms. The molecule has 0 radical (unpaired) electrons. The normalized spacial score (nSPS) is 15.1. The SMILES string of the molecule is CCC(O)(/C=C/c1cc([N+](=O)[O-])c(C(F)(F)F)cc1N)CSCC(F)(F)F. The van der Waals surface area contributed by atoms with Crippen molar-refractivity contribution in [2.45, 2.75) is 31.3 Å². The molecule has 1 aromatic rings. The standard InChI is InChI=1S/C15H16F6N2O3S/c1-2-13(24,7-27-8-14(16,17)18)4-3-9-5-12(23(25)26)10(6-11(9)22)15(19,20)21/h3-6,24H,2,7-8,22H2,1H3/b4-3+. The molecule has 0 saturated carbocycles. The third kappa shape index (κ3) is 6.94. The van der Waals surface area contributed by atoms with E-state index in [1.165, 1.54) is 6.92 Å². The second-order valence-corrected chi connectivity index (χ2v) is 6.64. The molecule has 0 fully saturated rings. The summed E-state index contributed by atoms with van der Waals surface area (Å²) in [7, 11) is 0. The molecule has 0 bridgehead atoms. The van der Waals surface area contributed by atoms with Crippen molar-refractivity contribution in [2.75, 3.05) is 17.2 Å². The molecule has 0 aliphatic rings. The largest absolute Gasteiger partial charge is 0.423 e. The lowest BCUT2D eigenvalue weighted by atomic mass is 9.99. The van der Waals surface area contributed by atoms with E-state index in [1.807, 2.05) is 0 Å². The fourth-order valence-corrected chi connectivity index (χ4v) is 2.99. The second kappa shape index (κ2) is 8.38. The average molecular weight is 418 g/mol. The fraction of sp³-hybridized carbons (Fsp3) is 0.467. The van der Waals surface area contributed by atoms with Gasteiger partial charge in [-0.1, -0.05) is 19.1 Å². The Bertz CT molecular complexity index is 721. The van der Waals surface area contributed by atoms with Crippen LogP contribution in [-0.2, 0) is 6.18 Å². The average Bonchev–Trinajstić information content (AvgIpc) is 2.51. The summed E-state index contributed by atoms with van der Waals surface area (Å²) in [4.78, 5) is 9.69. The van der Waals surface area contributed by atoms with E-state index in [0.29, 0.717) is 23.9 Å².